The van der Waals surface area contributed by atoms with Gasteiger partial charge in [-0.1, -0.05) is 30.3 Å². The number of alkyl halides is 5. The summed E-state index contributed by atoms with van der Waals surface area (Å²) in [6.07, 6.45) is -3.98. The van der Waals surface area contributed by atoms with E-state index in [2.05, 4.69) is 20.2 Å². The summed E-state index contributed by atoms with van der Waals surface area (Å²) in [7, 11) is 0. The van der Waals surface area contributed by atoms with Crippen LogP contribution >= 0.6 is 0 Å². The summed E-state index contributed by atoms with van der Waals surface area (Å²) in [5.41, 5.74) is 0.118. The number of hydrogen-bond acceptors (Lipinski definition) is 5. The summed E-state index contributed by atoms with van der Waals surface area (Å²) in [5.74, 6) is -7.66. The molecule has 0 spiro atoms. The fourth-order valence-electron chi connectivity index (χ4n) is 1.88. The normalized spacial score (nSPS) is 12.4. The maximum absolute atomic E-state index is 13.6. The Bertz CT molecular complexity index is 888. The molecule has 0 aliphatic rings. The molecule has 0 saturated heterocycles. The molecule has 130 valence electrons. The van der Waals surface area contributed by atoms with Crippen molar-refractivity contribution in [2.75, 3.05) is 0 Å². The third-order valence-corrected chi connectivity index (χ3v) is 3.07. The average molecular weight is 358 g/mol. The molecule has 0 aliphatic heterocycles. The van der Waals surface area contributed by atoms with Crippen molar-refractivity contribution in [3.05, 3.63) is 48.8 Å². The SMILES string of the molecule is O=C(n1cncn1)n1nc(C(F)(F)C(F)(F)F)nc1-c1ccccc1. The summed E-state index contributed by atoms with van der Waals surface area (Å²) in [5, 5.41) is 6.58. The van der Waals surface area contributed by atoms with Crippen LogP contribution in [0.5, 0.6) is 0 Å². The Labute approximate surface area is 135 Å². The second kappa shape index (κ2) is 5.72. The lowest BCUT2D eigenvalue weighted by Crippen LogP contribution is -2.35. The Balaban J connectivity index is 2.18. The molecule has 1 aromatic carbocycles. The molecule has 0 atom stereocenters. The first-order valence-electron chi connectivity index (χ1n) is 6.58. The van der Waals surface area contributed by atoms with Gasteiger partial charge in [0.15, 0.2) is 5.82 Å². The van der Waals surface area contributed by atoms with Crippen LogP contribution in [-0.4, -0.2) is 41.7 Å². The highest BCUT2D eigenvalue weighted by molar-refractivity contribution is 5.81. The van der Waals surface area contributed by atoms with Gasteiger partial charge in [0.25, 0.3) is 0 Å². The van der Waals surface area contributed by atoms with E-state index >= 15 is 0 Å². The largest absolute Gasteiger partial charge is 0.461 e. The molecule has 0 unspecified atom stereocenters. The van der Waals surface area contributed by atoms with Gasteiger partial charge in [-0.05, 0) is 0 Å². The van der Waals surface area contributed by atoms with Crippen LogP contribution in [0.25, 0.3) is 11.4 Å². The lowest BCUT2D eigenvalue weighted by molar-refractivity contribution is -0.292. The van der Waals surface area contributed by atoms with E-state index < -0.39 is 29.8 Å². The van der Waals surface area contributed by atoms with E-state index in [-0.39, 0.29) is 5.56 Å². The van der Waals surface area contributed by atoms with Crippen molar-refractivity contribution in [1.29, 1.82) is 0 Å². The van der Waals surface area contributed by atoms with Crippen molar-refractivity contribution in [3.8, 4) is 11.4 Å². The number of carbonyl (C=O) groups excluding carboxylic acids is 1. The van der Waals surface area contributed by atoms with Gasteiger partial charge in [-0.25, -0.2) is 14.8 Å². The molecule has 0 amide bonds. The highest BCUT2D eigenvalue weighted by Crippen LogP contribution is 2.42. The van der Waals surface area contributed by atoms with Gasteiger partial charge in [0.2, 0.25) is 5.82 Å². The zero-order valence-electron chi connectivity index (χ0n) is 12.0. The van der Waals surface area contributed by atoms with E-state index in [1.54, 1.807) is 6.07 Å². The topological polar surface area (TPSA) is 78.5 Å². The first-order chi connectivity index (χ1) is 11.7. The number of rotatable bonds is 2. The quantitative estimate of drug-likeness (QED) is 0.658. The van der Waals surface area contributed by atoms with Gasteiger partial charge in [-0.2, -0.15) is 36.4 Å². The second-order valence-corrected chi connectivity index (χ2v) is 4.73. The maximum Gasteiger partial charge on any atom is 0.461 e. The molecule has 0 bridgehead atoms. The third-order valence-electron chi connectivity index (χ3n) is 3.07. The number of carbonyl (C=O) groups is 1. The maximum atomic E-state index is 13.6. The van der Waals surface area contributed by atoms with Crippen LogP contribution in [0.15, 0.2) is 43.0 Å². The van der Waals surface area contributed by atoms with Crippen LogP contribution < -0.4 is 0 Å². The molecule has 2 aromatic heterocycles. The molecule has 12 heteroatoms. The van der Waals surface area contributed by atoms with E-state index in [0.717, 1.165) is 12.7 Å². The Hall–Kier alpha value is -3.18. The van der Waals surface area contributed by atoms with Gasteiger partial charge in [0.1, 0.15) is 12.7 Å². The van der Waals surface area contributed by atoms with Gasteiger partial charge in [0.05, 0.1) is 0 Å². The molecule has 0 saturated carbocycles. The van der Waals surface area contributed by atoms with E-state index in [4.69, 9.17) is 0 Å². The summed E-state index contributed by atoms with van der Waals surface area (Å²) < 4.78 is 65.8. The lowest BCUT2D eigenvalue weighted by atomic mass is 10.2. The van der Waals surface area contributed by atoms with E-state index in [9.17, 15) is 26.7 Å². The molecule has 2 heterocycles. The van der Waals surface area contributed by atoms with Crippen LogP contribution in [0.3, 0.4) is 0 Å². The highest BCUT2D eigenvalue weighted by Gasteiger charge is 2.62. The summed E-state index contributed by atoms with van der Waals surface area (Å²) in [6.45, 7) is 0. The van der Waals surface area contributed by atoms with Gasteiger partial charge < -0.3 is 0 Å². The molecule has 3 aromatic rings. The van der Waals surface area contributed by atoms with Crippen LogP contribution in [-0.2, 0) is 5.92 Å². The van der Waals surface area contributed by atoms with Crippen molar-refractivity contribution >= 4 is 6.03 Å². The molecule has 0 aliphatic carbocycles. The van der Waals surface area contributed by atoms with Crippen molar-refractivity contribution in [2.45, 2.75) is 12.1 Å². The van der Waals surface area contributed by atoms with Crippen molar-refractivity contribution in [2.24, 2.45) is 0 Å². The number of nitrogens with zero attached hydrogens (tertiary/aromatic N) is 6. The minimum atomic E-state index is -5.91. The van der Waals surface area contributed by atoms with Gasteiger partial charge in [-0.3, -0.25) is 0 Å². The van der Waals surface area contributed by atoms with Gasteiger partial charge in [0, 0.05) is 5.56 Å². The Kier molecular flexibility index (Phi) is 3.81. The highest BCUT2D eigenvalue weighted by atomic mass is 19.4. The summed E-state index contributed by atoms with van der Waals surface area (Å²) >= 11 is 0. The fraction of sp³-hybridized carbons (Fsp3) is 0.154. The fourth-order valence-corrected chi connectivity index (χ4v) is 1.88. The molecular weight excluding hydrogens is 351 g/mol. The van der Waals surface area contributed by atoms with Crippen LogP contribution in [0.4, 0.5) is 26.7 Å². The lowest BCUT2D eigenvalue weighted by Gasteiger charge is -2.15. The molecule has 0 radical (unpaired) electrons. The predicted molar refractivity (Wildman–Crippen MR) is 71.6 cm³/mol. The molecular formula is C13H7F5N6O. The van der Waals surface area contributed by atoms with E-state index in [0.29, 0.717) is 9.36 Å². The number of aromatic nitrogens is 6. The zero-order valence-corrected chi connectivity index (χ0v) is 12.0. The Morgan fingerprint density at radius 1 is 1.04 bits per heavy atom. The van der Waals surface area contributed by atoms with E-state index in [1.165, 1.54) is 24.3 Å². The first-order valence-corrected chi connectivity index (χ1v) is 6.58. The molecule has 0 fully saturated rings. The minimum Gasteiger partial charge on any atom is -0.243 e. The zero-order chi connectivity index (χ0) is 18.2. The summed E-state index contributed by atoms with van der Waals surface area (Å²) in [6, 6.07) is 6.23. The molecule has 3 rings (SSSR count). The van der Waals surface area contributed by atoms with Crippen molar-refractivity contribution in [3.63, 3.8) is 0 Å². The van der Waals surface area contributed by atoms with Crippen molar-refractivity contribution in [1.82, 2.24) is 29.5 Å². The van der Waals surface area contributed by atoms with E-state index in [1.807, 2.05) is 0 Å². The standard InChI is InChI=1S/C13H7F5N6O/c14-12(15,13(16,17)18)10-21-9(8-4-2-1-3-5-8)24(22-10)11(25)23-7-19-6-20-23/h1-7H. The van der Waals surface area contributed by atoms with Gasteiger partial charge >= 0.3 is 18.1 Å². The first kappa shape index (κ1) is 16.7. The minimum absolute atomic E-state index is 0.118. The monoisotopic (exact) mass is 358 g/mol. The van der Waals surface area contributed by atoms with Crippen LogP contribution in [0.1, 0.15) is 5.82 Å². The Morgan fingerprint density at radius 3 is 2.28 bits per heavy atom. The predicted octanol–water partition coefficient (Wildman–Crippen LogP) is 2.71. The molecule has 0 N–H and O–H groups in total. The number of halogens is 5. The van der Waals surface area contributed by atoms with Crippen molar-refractivity contribution < 1.29 is 26.7 Å². The van der Waals surface area contributed by atoms with Crippen LogP contribution in [0.2, 0.25) is 0 Å². The second-order valence-electron chi connectivity index (χ2n) is 4.73. The number of hydrogen-bond donors (Lipinski definition) is 0. The molecule has 25 heavy (non-hydrogen) atoms. The average Bonchev–Trinajstić information content (AvgIpc) is 3.24. The van der Waals surface area contributed by atoms with Gasteiger partial charge in [-0.15, -0.1) is 5.10 Å². The van der Waals surface area contributed by atoms with Crippen LogP contribution in [0, 0.1) is 0 Å². The smallest absolute Gasteiger partial charge is 0.243 e. The molecule has 7 nitrogen and oxygen atoms in total. The third kappa shape index (κ3) is 2.86. The number of benzene rings is 1. The summed E-state index contributed by atoms with van der Waals surface area (Å²) in [4.78, 5) is 19.0. The Morgan fingerprint density at radius 2 is 1.72 bits per heavy atom.